The minimum atomic E-state index is 0.790. The quantitative estimate of drug-likeness (QED) is 0.649. The molecule has 1 heterocycles. The molecule has 0 spiro atoms. The molecule has 3 heteroatoms. The van der Waals surface area contributed by atoms with E-state index < -0.39 is 0 Å². The minimum Gasteiger partial charge on any atom is -0.398 e. The fourth-order valence-electron chi connectivity index (χ4n) is 1.30. The van der Waals surface area contributed by atoms with E-state index in [1.807, 2.05) is 30.5 Å². The van der Waals surface area contributed by atoms with Gasteiger partial charge in [0.2, 0.25) is 0 Å². The second-order valence-corrected chi connectivity index (χ2v) is 4.22. The predicted molar refractivity (Wildman–Crippen MR) is 66.8 cm³/mol. The van der Waals surface area contributed by atoms with E-state index in [2.05, 4.69) is 33.6 Å². The molecule has 0 aliphatic carbocycles. The third kappa shape index (κ3) is 1.87. The van der Waals surface area contributed by atoms with E-state index >= 15 is 0 Å². The lowest BCUT2D eigenvalue weighted by atomic mass is 10.1. The van der Waals surface area contributed by atoms with Crippen LogP contribution < -0.4 is 5.73 Å². The predicted octanol–water partition coefficient (Wildman–Crippen LogP) is 2.94. The molecule has 0 bridgehead atoms. The number of pyridine rings is 1. The molecule has 0 fully saturated rings. The lowest BCUT2D eigenvalue weighted by Crippen LogP contribution is -1.90. The Morgan fingerprint density at radius 3 is 2.79 bits per heavy atom. The highest BCUT2D eigenvalue weighted by atomic mass is 127. The van der Waals surface area contributed by atoms with Gasteiger partial charge in [-0.25, -0.2) is 0 Å². The molecule has 2 nitrogen and oxygen atoms in total. The fraction of sp³-hybridized carbons (Fsp3) is 0. The smallest absolute Gasteiger partial charge is 0.0395 e. The molecular weight excluding hydrogens is 287 g/mol. The first-order chi connectivity index (χ1) is 6.77. The Hall–Kier alpha value is -1.10. The number of aromatic nitrogens is 1. The van der Waals surface area contributed by atoms with Crippen LogP contribution in [-0.4, -0.2) is 4.98 Å². The van der Waals surface area contributed by atoms with Gasteiger partial charge < -0.3 is 5.73 Å². The molecule has 14 heavy (non-hydrogen) atoms. The van der Waals surface area contributed by atoms with Gasteiger partial charge in [0.15, 0.2) is 0 Å². The Bertz CT molecular complexity index is 440. The van der Waals surface area contributed by atoms with Gasteiger partial charge in [-0.2, -0.15) is 0 Å². The Morgan fingerprint density at radius 1 is 1.21 bits per heavy atom. The van der Waals surface area contributed by atoms with Crippen molar-refractivity contribution >= 4 is 28.3 Å². The number of hydrogen-bond acceptors (Lipinski definition) is 2. The summed E-state index contributed by atoms with van der Waals surface area (Å²) in [5, 5.41) is 0. The van der Waals surface area contributed by atoms with E-state index in [0.717, 1.165) is 16.8 Å². The summed E-state index contributed by atoms with van der Waals surface area (Å²) in [4.78, 5) is 4.07. The van der Waals surface area contributed by atoms with E-state index in [1.54, 1.807) is 6.20 Å². The van der Waals surface area contributed by atoms with Crippen LogP contribution >= 0.6 is 22.6 Å². The molecule has 1 aromatic carbocycles. The van der Waals surface area contributed by atoms with Gasteiger partial charge in [0, 0.05) is 32.8 Å². The third-order valence-corrected chi connectivity index (χ3v) is 2.66. The van der Waals surface area contributed by atoms with Crippen molar-refractivity contribution in [2.24, 2.45) is 0 Å². The number of rotatable bonds is 1. The van der Waals surface area contributed by atoms with E-state index in [0.29, 0.717) is 0 Å². The van der Waals surface area contributed by atoms with Crippen LogP contribution in [0.4, 0.5) is 5.69 Å². The van der Waals surface area contributed by atoms with Gasteiger partial charge in [-0.05, 0) is 46.9 Å². The molecule has 0 aliphatic rings. The van der Waals surface area contributed by atoms with E-state index in [-0.39, 0.29) is 0 Å². The highest BCUT2D eigenvalue weighted by Gasteiger charge is 2.02. The molecule has 0 atom stereocenters. The first-order valence-corrected chi connectivity index (χ1v) is 5.30. The number of halogens is 1. The van der Waals surface area contributed by atoms with Crippen molar-refractivity contribution < 1.29 is 0 Å². The zero-order valence-electron chi connectivity index (χ0n) is 7.44. The number of nitrogens with zero attached hydrogens (tertiary/aromatic N) is 1. The third-order valence-electron chi connectivity index (χ3n) is 1.99. The fourth-order valence-corrected chi connectivity index (χ4v) is 1.79. The molecule has 1 aromatic heterocycles. The zero-order chi connectivity index (χ0) is 9.97. The van der Waals surface area contributed by atoms with Crippen molar-refractivity contribution in [2.45, 2.75) is 0 Å². The highest BCUT2D eigenvalue weighted by molar-refractivity contribution is 14.1. The summed E-state index contributed by atoms with van der Waals surface area (Å²) < 4.78 is 1.18. The second kappa shape index (κ2) is 3.96. The minimum absolute atomic E-state index is 0.790. The van der Waals surface area contributed by atoms with Gasteiger partial charge in [-0.15, -0.1) is 0 Å². The summed E-state index contributed by atoms with van der Waals surface area (Å²) in [5.74, 6) is 0. The summed E-state index contributed by atoms with van der Waals surface area (Å²) in [6.45, 7) is 0. The summed E-state index contributed by atoms with van der Waals surface area (Å²) in [5.41, 5.74) is 8.79. The maximum absolute atomic E-state index is 5.89. The van der Waals surface area contributed by atoms with Crippen molar-refractivity contribution in [3.05, 3.63) is 46.3 Å². The number of benzene rings is 1. The lowest BCUT2D eigenvalue weighted by molar-refractivity contribution is 1.33. The van der Waals surface area contributed by atoms with Crippen LogP contribution in [0.15, 0.2) is 42.7 Å². The molecular formula is C11H9IN2. The molecule has 0 aliphatic heterocycles. The lowest BCUT2D eigenvalue weighted by Gasteiger charge is -2.05. The second-order valence-electron chi connectivity index (χ2n) is 2.97. The molecule has 2 rings (SSSR count). The molecule has 0 saturated carbocycles. The van der Waals surface area contributed by atoms with E-state index in [9.17, 15) is 0 Å². The van der Waals surface area contributed by atoms with Crippen LogP contribution in [0.25, 0.3) is 11.1 Å². The summed E-state index contributed by atoms with van der Waals surface area (Å²) >= 11 is 2.27. The maximum Gasteiger partial charge on any atom is 0.0395 e. The van der Waals surface area contributed by atoms with Crippen molar-refractivity contribution in [2.75, 3.05) is 5.73 Å². The molecule has 0 saturated heterocycles. The monoisotopic (exact) mass is 296 g/mol. The first-order valence-electron chi connectivity index (χ1n) is 4.23. The van der Waals surface area contributed by atoms with Gasteiger partial charge in [0.25, 0.3) is 0 Å². The van der Waals surface area contributed by atoms with Crippen molar-refractivity contribution in [1.82, 2.24) is 4.98 Å². The molecule has 2 N–H and O–H groups in total. The Morgan fingerprint density at radius 2 is 2.07 bits per heavy atom. The molecule has 0 unspecified atom stereocenters. The first kappa shape index (κ1) is 9.45. The molecule has 0 radical (unpaired) electrons. The maximum atomic E-state index is 5.89. The van der Waals surface area contributed by atoms with Crippen LogP contribution in [0.3, 0.4) is 0 Å². The number of hydrogen-bond donors (Lipinski definition) is 1. The molecule has 70 valence electrons. The topological polar surface area (TPSA) is 38.9 Å². The molecule has 0 amide bonds. The van der Waals surface area contributed by atoms with Crippen LogP contribution in [0.1, 0.15) is 0 Å². The highest BCUT2D eigenvalue weighted by Crippen LogP contribution is 2.26. The standard InChI is InChI=1S/C11H9IN2/c12-9-3-4-11(13)10(6-9)8-2-1-5-14-7-8/h1-7H,13H2. The Kier molecular flexibility index (Phi) is 2.67. The van der Waals surface area contributed by atoms with E-state index in [1.165, 1.54) is 3.57 Å². The van der Waals surface area contributed by atoms with Gasteiger partial charge >= 0.3 is 0 Å². The van der Waals surface area contributed by atoms with E-state index in [4.69, 9.17) is 5.73 Å². The van der Waals surface area contributed by atoms with Crippen LogP contribution in [0, 0.1) is 3.57 Å². The largest absolute Gasteiger partial charge is 0.398 e. The Labute approximate surface area is 96.3 Å². The van der Waals surface area contributed by atoms with Crippen LogP contribution in [-0.2, 0) is 0 Å². The van der Waals surface area contributed by atoms with Crippen molar-refractivity contribution in [1.29, 1.82) is 0 Å². The van der Waals surface area contributed by atoms with Gasteiger partial charge in [-0.3, -0.25) is 4.98 Å². The SMILES string of the molecule is Nc1ccc(I)cc1-c1cccnc1. The average Bonchev–Trinajstić information content (AvgIpc) is 2.23. The van der Waals surface area contributed by atoms with Gasteiger partial charge in [-0.1, -0.05) is 6.07 Å². The van der Waals surface area contributed by atoms with Gasteiger partial charge in [0.05, 0.1) is 0 Å². The van der Waals surface area contributed by atoms with Crippen LogP contribution in [0.5, 0.6) is 0 Å². The average molecular weight is 296 g/mol. The summed E-state index contributed by atoms with van der Waals surface area (Å²) in [6.07, 6.45) is 3.58. The number of nitrogens with two attached hydrogens (primary N) is 1. The van der Waals surface area contributed by atoms with Crippen molar-refractivity contribution in [3.8, 4) is 11.1 Å². The molecule has 2 aromatic rings. The normalized spacial score (nSPS) is 10.1. The van der Waals surface area contributed by atoms with Gasteiger partial charge in [0.1, 0.15) is 0 Å². The van der Waals surface area contributed by atoms with Crippen LogP contribution in [0.2, 0.25) is 0 Å². The number of nitrogen functional groups attached to an aromatic ring is 1. The van der Waals surface area contributed by atoms with Crippen molar-refractivity contribution in [3.63, 3.8) is 0 Å². The number of anilines is 1. The summed E-state index contributed by atoms with van der Waals surface area (Å²) in [7, 11) is 0. The summed E-state index contributed by atoms with van der Waals surface area (Å²) in [6, 6.07) is 9.90. The Balaban J connectivity index is 2.57. The zero-order valence-corrected chi connectivity index (χ0v) is 9.60.